The first kappa shape index (κ1) is 12.8. The molecule has 0 unspecified atom stereocenters. The second kappa shape index (κ2) is 5.20. The highest BCUT2D eigenvalue weighted by molar-refractivity contribution is 5.78. The largest absolute Gasteiger partial charge is 0.370 e. The molecule has 0 saturated carbocycles. The van der Waals surface area contributed by atoms with Gasteiger partial charge in [0.2, 0.25) is 0 Å². The standard InChI is InChI=1S/C12H22N4/c1-10-4-6-16(7-5-10)11(14)15-9-12(2,3)8-13/h10H,4-7,9H2,1-3H3,(H2,14,15). The Balaban J connectivity index is 2.48. The lowest BCUT2D eigenvalue weighted by molar-refractivity contribution is 0.277. The van der Waals surface area contributed by atoms with E-state index in [1.165, 1.54) is 12.8 Å². The maximum Gasteiger partial charge on any atom is 0.191 e. The zero-order valence-corrected chi connectivity index (χ0v) is 10.5. The molecule has 0 radical (unpaired) electrons. The predicted octanol–water partition coefficient (Wildman–Crippen LogP) is 1.58. The Morgan fingerprint density at radius 1 is 1.50 bits per heavy atom. The van der Waals surface area contributed by atoms with E-state index < -0.39 is 5.41 Å². The first-order valence-corrected chi connectivity index (χ1v) is 5.91. The zero-order chi connectivity index (χ0) is 12.2. The van der Waals surface area contributed by atoms with E-state index in [1.807, 2.05) is 13.8 Å². The Kier molecular flexibility index (Phi) is 4.17. The Morgan fingerprint density at radius 3 is 2.56 bits per heavy atom. The van der Waals surface area contributed by atoms with Crippen LogP contribution in [0.5, 0.6) is 0 Å². The number of likely N-dealkylation sites (tertiary alicyclic amines) is 1. The third-order valence-corrected chi connectivity index (χ3v) is 3.05. The zero-order valence-electron chi connectivity index (χ0n) is 10.5. The first-order valence-electron chi connectivity index (χ1n) is 5.91. The number of piperidine rings is 1. The van der Waals surface area contributed by atoms with Gasteiger partial charge in [-0.1, -0.05) is 6.92 Å². The number of aliphatic imine (C=N–C) groups is 1. The Hall–Kier alpha value is -1.24. The number of nitrogens with zero attached hydrogens (tertiary/aromatic N) is 3. The van der Waals surface area contributed by atoms with E-state index in [0.717, 1.165) is 19.0 Å². The topological polar surface area (TPSA) is 65.4 Å². The summed E-state index contributed by atoms with van der Waals surface area (Å²) in [4.78, 5) is 6.43. The van der Waals surface area contributed by atoms with Crippen molar-refractivity contribution in [3.8, 4) is 6.07 Å². The third kappa shape index (κ3) is 3.73. The van der Waals surface area contributed by atoms with Crippen LogP contribution in [0.15, 0.2) is 4.99 Å². The molecule has 0 aliphatic carbocycles. The molecule has 1 aliphatic heterocycles. The van der Waals surface area contributed by atoms with Crippen LogP contribution in [0.2, 0.25) is 0 Å². The van der Waals surface area contributed by atoms with Gasteiger partial charge >= 0.3 is 0 Å². The van der Waals surface area contributed by atoms with Crippen molar-refractivity contribution in [1.29, 1.82) is 5.26 Å². The molecule has 1 fully saturated rings. The maximum absolute atomic E-state index is 8.88. The molecular formula is C12H22N4. The van der Waals surface area contributed by atoms with Crippen molar-refractivity contribution >= 4 is 5.96 Å². The van der Waals surface area contributed by atoms with Gasteiger partial charge in [0, 0.05) is 13.1 Å². The molecular weight excluding hydrogens is 200 g/mol. The van der Waals surface area contributed by atoms with Crippen LogP contribution in [-0.2, 0) is 0 Å². The van der Waals surface area contributed by atoms with E-state index in [0.29, 0.717) is 12.5 Å². The van der Waals surface area contributed by atoms with Crippen molar-refractivity contribution in [3.05, 3.63) is 0 Å². The van der Waals surface area contributed by atoms with Gasteiger partial charge in [-0.15, -0.1) is 0 Å². The van der Waals surface area contributed by atoms with Crippen LogP contribution in [-0.4, -0.2) is 30.5 Å². The van der Waals surface area contributed by atoms with E-state index in [4.69, 9.17) is 11.0 Å². The number of guanidine groups is 1. The maximum atomic E-state index is 8.88. The summed E-state index contributed by atoms with van der Waals surface area (Å²) in [5.41, 5.74) is 5.50. The number of hydrogen-bond acceptors (Lipinski definition) is 2. The fourth-order valence-corrected chi connectivity index (χ4v) is 1.65. The van der Waals surface area contributed by atoms with E-state index in [1.54, 1.807) is 0 Å². The molecule has 1 heterocycles. The SMILES string of the molecule is CC1CCN(C(N)=NCC(C)(C)C#N)CC1. The Morgan fingerprint density at radius 2 is 2.06 bits per heavy atom. The molecule has 90 valence electrons. The van der Waals surface area contributed by atoms with Gasteiger partial charge in [0.05, 0.1) is 18.0 Å². The molecule has 0 atom stereocenters. The van der Waals surface area contributed by atoms with Crippen molar-refractivity contribution < 1.29 is 0 Å². The fourth-order valence-electron chi connectivity index (χ4n) is 1.65. The van der Waals surface area contributed by atoms with Crippen molar-refractivity contribution in [2.45, 2.75) is 33.6 Å². The molecule has 16 heavy (non-hydrogen) atoms. The van der Waals surface area contributed by atoms with E-state index in [-0.39, 0.29) is 0 Å². The minimum Gasteiger partial charge on any atom is -0.370 e. The second-order valence-corrected chi connectivity index (χ2v) is 5.34. The van der Waals surface area contributed by atoms with Crippen LogP contribution in [0.25, 0.3) is 0 Å². The molecule has 0 aromatic rings. The van der Waals surface area contributed by atoms with Gasteiger partial charge in [0.15, 0.2) is 5.96 Å². The minimum atomic E-state index is -0.423. The number of hydrogen-bond donors (Lipinski definition) is 1. The molecule has 1 saturated heterocycles. The Labute approximate surface area is 98.1 Å². The van der Waals surface area contributed by atoms with Crippen LogP contribution in [0.3, 0.4) is 0 Å². The van der Waals surface area contributed by atoms with Gasteiger partial charge in [-0.25, -0.2) is 0 Å². The summed E-state index contributed by atoms with van der Waals surface area (Å²) in [7, 11) is 0. The lowest BCUT2D eigenvalue weighted by Gasteiger charge is -2.31. The van der Waals surface area contributed by atoms with Crippen molar-refractivity contribution in [1.82, 2.24) is 4.90 Å². The van der Waals surface area contributed by atoms with Crippen LogP contribution < -0.4 is 5.73 Å². The van der Waals surface area contributed by atoms with Crippen molar-refractivity contribution in [2.24, 2.45) is 22.1 Å². The van der Waals surface area contributed by atoms with Gasteiger partial charge < -0.3 is 10.6 Å². The fraction of sp³-hybridized carbons (Fsp3) is 0.833. The average Bonchev–Trinajstić information content (AvgIpc) is 2.27. The summed E-state index contributed by atoms with van der Waals surface area (Å²) < 4.78 is 0. The Bertz CT molecular complexity index is 293. The molecule has 0 spiro atoms. The number of nitriles is 1. The summed E-state index contributed by atoms with van der Waals surface area (Å²) in [5.74, 6) is 1.38. The highest BCUT2D eigenvalue weighted by Crippen LogP contribution is 2.16. The molecule has 4 heteroatoms. The van der Waals surface area contributed by atoms with E-state index in [2.05, 4.69) is 22.9 Å². The molecule has 1 aliphatic rings. The highest BCUT2D eigenvalue weighted by atomic mass is 15.3. The molecule has 0 amide bonds. The lowest BCUT2D eigenvalue weighted by Crippen LogP contribution is -2.43. The summed E-state index contributed by atoms with van der Waals surface area (Å²) >= 11 is 0. The quantitative estimate of drug-likeness (QED) is 0.570. The second-order valence-electron chi connectivity index (χ2n) is 5.34. The van der Waals surface area contributed by atoms with Gasteiger partial charge in [0.25, 0.3) is 0 Å². The summed E-state index contributed by atoms with van der Waals surface area (Å²) in [6.45, 7) is 8.47. The van der Waals surface area contributed by atoms with Crippen LogP contribution in [0, 0.1) is 22.7 Å². The van der Waals surface area contributed by atoms with E-state index >= 15 is 0 Å². The average molecular weight is 222 g/mol. The lowest BCUT2D eigenvalue weighted by atomic mass is 9.96. The minimum absolute atomic E-state index is 0.423. The van der Waals surface area contributed by atoms with Crippen molar-refractivity contribution in [3.63, 3.8) is 0 Å². The normalized spacial score (nSPS) is 19.6. The molecule has 0 aromatic carbocycles. The monoisotopic (exact) mass is 222 g/mol. The third-order valence-electron chi connectivity index (χ3n) is 3.05. The van der Waals surface area contributed by atoms with Crippen LogP contribution in [0.1, 0.15) is 33.6 Å². The van der Waals surface area contributed by atoms with Crippen molar-refractivity contribution in [2.75, 3.05) is 19.6 Å². The van der Waals surface area contributed by atoms with Crippen LogP contribution in [0.4, 0.5) is 0 Å². The predicted molar refractivity (Wildman–Crippen MR) is 65.9 cm³/mol. The van der Waals surface area contributed by atoms with Gasteiger partial charge in [-0.2, -0.15) is 5.26 Å². The number of nitrogens with two attached hydrogens (primary N) is 1. The van der Waals surface area contributed by atoms with E-state index in [9.17, 15) is 0 Å². The smallest absolute Gasteiger partial charge is 0.191 e. The summed E-state index contributed by atoms with van der Waals surface area (Å²) in [6, 6.07) is 2.23. The number of rotatable bonds is 2. The summed E-state index contributed by atoms with van der Waals surface area (Å²) in [5, 5.41) is 8.88. The molecule has 4 nitrogen and oxygen atoms in total. The molecule has 2 N–H and O–H groups in total. The highest BCUT2D eigenvalue weighted by Gasteiger charge is 2.19. The molecule has 0 aromatic heterocycles. The van der Waals surface area contributed by atoms with Gasteiger partial charge in [0.1, 0.15) is 0 Å². The summed E-state index contributed by atoms with van der Waals surface area (Å²) in [6.07, 6.45) is 2.36. The van der Waals surface area contributed by atoms with Gasteiger partial charge in [-0.05, 0) is 32.6 Å². The van der Waals surface area contributed by atoms with Gasteiger partial charge in [-0.3, -0.25) is 4.99 Å². The first-order chi connectivity index (χ1) is 7.44. The van der Waals surface area contributed by atoms with Crippen LogP contribution >= 0.6 is 0 Å². The molecule has 1 rings (SSSR count). The molecule has 0 bridgehead atoms.